The maximum atomic E-state index is 12.5. The first-order valence-corrected chi connectivity index (χ1v) is 8.87. The van der Waals surface area contributed by atoms with E-state index in [4.69, 9.17) is 4.74 Å². The molecule has 1 aliphatic rings. The van der Waals surface area contributed by atoms with E-state index in [-0.39, 0.29) is 30.0 Å². The lowest BCUT2D eigenvalue weighted by Crippen LogP contribution is -2.44. The van der Waals surface area contributed by atoms with Crippen molar-refractivity contribution >= 4 is 29.9 Å². The summed E-state index contributed by atoms with van der Waals surface area (Å²) >= 11 is 0. The molecule has 1 atom stereocenters. The molecule has 27 heavy (non-hydrogen) atoms. The van der Waals surface area contributed by atoms with Gasteiger partial charge < -0.3 is 15.4 Å². The Hall–Kier alpha value is -1.23. The van der Waals surface area contributed by atoms with Gasteiger partial charge in [-0.05, 0) is 30.5 Å². The quantitative estimate of drug-likeness (QED) is 0.343. The summed E-state index contributed by atoms with van der Waals surface area (Å²) in [6.45, 7) is 3.23. The number of benzene rings is 1. The fraction of sp³-hybridized carbons (Fsp3) is 0.611. The molecular formula is C18H28F3IN4O. The molecule has 1 fully saturated rings. The van der Waals surface area contributed by atoms with Gasteiger partial charge >= 0.3 is 6.18 Å². The smallest absolute Gasteiger partial charge is 0.401 e. The summed E-state index contributed by atoms with van der Waals surface area (Å²) in [6.07, 6.45) is -2.54. The molecule has 1 unspecified atom stereocenters. The number of guanidine groups is 1. The van der Waals surface area contributed by atoms with Crippen molar-refractivity contribution in [1.29, 1.82) is 0 Å². The first-order chi connectivity index (χ1) is 12.4. The number of aliphatic imine (C=N–C) groups is 1. The molecule has 0 amide bonds. The molecule has 0 bridgehead atoms. The Morgan fingerprint density at radius 3 is 2.81 bits per heavy atom. The van der Waals surface area contributed by atoms with Gasteiger partial charge in [-0.15, -0.1) is 24.0 Å². The molecular weight excluding hydrogens is 472 g/mol. The number of hydrogen-bond donors (Lipinski definition) is 2. The lowest BCUT2D eigenvalue weighted by atomic mass is 10.2. The molecule has 1 aromatic carbocycles. The maximum Gasteiger partial charge on any atom is 0.401 e. The molecule has 0 radical (unpaired) electrons. The third-order valence-electron chi connectivity index (χ3n) is 4.07. The van der Waals surface area contributed by atoms with E-state index in [9.17, 15) is 13.2 Å². The van der Waals surface area contributed by atoms with Crippen LogP contribution >= 0.6 is 24.0 Å². The standard InChI is InChI=1S/C18H27F3N4O.HI/c1-3-9-26-16-6-4-5-14(10-16)11-23-17(22-2)24-15-7-8-25(12-15)13-18(19,20)21;/h4-6,10,15H,3,7-9,11-13H2,1-2H3,(H2,22,23,24);1H. The summed E-state index contributed by atoms with van der Waals surface area (Å²) in [6, 6.07) is 7.77. The van der Waals surface area contributed by atoms with Gasteiger partial charge in [0.2, 0.25) is 0 Å². The van der Waals surface area contributed by atoms with E-state index in [1.54, 1.807) is 7.05 Å². The van der Waals surface area contributed by atoms with Gasteiger partial charge in [-0.25, -0.2) is 0 Å². The second-order valence-corrected chi connectivity index (χ2v) is 6.40. The van der Waals surface area contributed by atoms with Crippen LogP contribution < -0.4 is 15.4 Å². The van der Waals surface area contributed by atoms with Crippen LogP contribution in [0, 0.1) is 0 Å². The lowest BCUT2D eigenvalue weighted by molar-refractivity contribution is -0.143. The van der Waals surface area contributed by atoms with Crippen LogP contribution in [0.3, 0.4) is 0 Å². The van der Waals surface area contributed by atoms with Crippen molar-refractivity contribution in [2.75, 3.05) is 33.3 Å². The van der Waals surface area contributed by atoms with Gasteiger partial charge in [0.15, 0.2) is 5.96 Å². The van der Waals surface area contributed by atoms with Gasteiger partial charge in [-0.1, -0.05) is 19.1 Å². The number of rotatable bonds is 7. The average molecular weight is 500 g/mol. The van der Waals surface area contributed by atoms with Crippen molar-refractivity contribution in [3.05, 3.63) is 29.8 Å². The van der Waals surface area contributed by atoms with Crippen molar-refractivity contribution in [2.24, 2.45) is 4.99 Å². The topological polar surface area (TPSA) is 48.9 Å². The molecule has 2 N–H and O–H groups in total. The zero-order valence-corrected chi connectivity index (χ0v) is 18.0. The van der Waals surface area contributed by atoms with Crippen molar-refractivity contribution in [2.45, 2.75) is 38.5 Å². The zero-order valence-electron chi connectivity index (χ0n) is 15.7. The van der Waals surface area contributed by atoms with Crippen LogP contribution in [-0.2, 0) is 6.54 Å². The van der Waals surface area contributed by atoms with E-state index in [2.05, 4.69) is 22.5 Å². The monoisotopic (exact) mass is 500 g/mol. The Bertz CT molecular complexity index is 598. The normalized spacial score (nSPS) is 18.1. The highest BCUT2D eigenvalue weighted by Crippen LogP contribution is 2.20. The second kappa shape index (κ2) is 11.6. The molecule has 0 aliphatic carbocycles. The Labute approximate surface area is 175 Å². The van der Waals surface area contributed by atoms with Crippen molar-refractivity contribution < 1.29 is 17.9 Å². The van der Waals surface area contributed by atoms with Gasteiger partial charge in [0, 0.05) is 32.7 Å². The van der Waals surface area contributed by atoms with Crippen LogP contribution in [0.25, 0.3) is 0 Å². The first kappa shape index (κ1) is 23.8. The molecule has 1 saturated heterocycles. The third kappa shape index (κ3) is 9.00. The minimum Gasteiger partial charge on any atom is -0.494 e. The average Bonchev–Trinajstić information content (AvgIpc) is 3.02. The number of halogens is 4. The summed E-state index contributed by atoms with van der Waals surface area (Å²) in [5, 5.41) is 6.40. The number of likely N-dealkylation sites (tertiary alicyclic amines) is 1. The highest BCUT2D eigenvalue weighted by atomic mass is 127. The van der Waals surface area contributed by atoms with Crippen LogP contribution in [0.2, 0.25) is 0 Å². The highest BCUT2D eigenvalue weighted by Gasteiger charge is 2.34. The summed E-state index contributed by atoms with van der Waals surface area (Å²) in [5.41, 5.74) is 1.05. The van der Waals surface area contributed by atoms with Crippen molar-refractivity contribution in [3.8, 4) is 5.75 Å². The first-order valence-electron chi connectivity index (χ1n) is 8.87. The van der Waals surface area contributed by atoms with Crippen LogP contribution in [0.5, 0.6) is 5.75 Å². The number of nitrogens with one attached hydrogen (secondary N) is 2. The fourth-order valence-corrected chi connectivity index (χ4v) is 2.89. The predicted octanol–water partition coefficient (Wildman–Crippen LogP) is 3.40. The molecule has 1 aliphatic heterocycles. The third-order valence-corrected chi connectivity index (χ3v) is 4.07. The van der Waals surface area contributed by atoms with Gasteiger partial charge in [-0.2, -0.15) is 13.2 Å². The van der Waals surface area contributed by atoms with Gasteiger partial charge in [0.05, 0.1) is 13.2 Å². The Morgan fingerprint density at radius 2 is 2.15 bits per heavy atom. The van der Waals surface area contributed by atoms with Gasteiger partial charge in [0.25, 0.3) is 0 Å². The number of nitrogens with zero attached hydrogens (tertiary/aromatic N) is 2. The highest BCUT2D eigenvalue weighted by molar-refractivity contribution is 14.0. The van der Waals surface area contributed by atoms with Gasteiger partial charge in [-0.3, -0.25) is 9.89 Å². The minimum atomic E-state index is -4.15. The molecule has 0 spiro atoms. The summed E-state index contributed by atoms with van der Waals surface area (Å²) in [5.74, 6) is 1.41. The lowest BCUT2D eigenvalue weighted by Gasteiger charge is -2.20. The minimum absolute atomic E-state index is 0. The summed E-state index contributed by atoms with van der Waals surface area (Å²) < 4.78 is 43.0. The molecule has 9 heteroatoms. The summed E-state index contributed by atoms with van der Waals surface area (Å²) in [7, 11) is 1.65. The molecule has 2 rings (SSSR count). The van der Waals surface area contributed by atoms with E-state index in [0.717, 1.165) is 17.7 Å². The van der Waals surface area contributed by atoms with E-state index < -0.39 is 12.7 Å². The van der Waals surface area contributed by atoms with Crippen LogP contribution in [0.1, 0.15) is 25.3 Å². The van der Waals surface area contributed by atoms with Crippen molar-refractivity contribution in [1.82, 2.24) is 15.5 Å². The second-order valence-electron chi connectivity index (χ2n) is 6.40. The SMILES string of the molecule is CCCOc1cccc(CNC(=NC)NC2CCN(CC(F)(F)F)C2)c1.I. The number of hydrogen-bond acceptors (Lipinski definition) is 3. The van der Waals surface area contributed by atoms with Crippen LogP contribution in [0.4, 0.5) is 13.2 Å². The molecule has 154 valence electrons. The zero-order chi connectivity index (χ0) is 19.0. The molecule has 0 aromatic heterocycles. The molecule has 1 aromatic rings. The summed E-state index contributed by atoms with van der Waals surface area (Å²) in [4.78, 5) is 5.58. The number of ether oxygens (including phenoxy) is 1. The number of alkyl halides is 3. The maximum absolute atomic E-state index is 12.5. The van der Waals surface area contributed by atoms with E-state index >= 15 is 0 Å². The Morgan fingerprint density at radius 1 is 1.37 bits per heavy atom. The van der Waals surface area contributed by atoms with Crippen LogP contribution in [-0.4, -0.2) is 56.4 Å². The van der Waals surface area contributed by atoms with Crippen molar-refractivity contribution in [3.63, 3.8) is 0 Å². The Balaban J connectivity index is 0.00000364. The van der Waals surface area contributed by atoms with E-state index in [1.165, 1.54) is 4.90 Å². The molecule has 5 nitrogen and oxygen atoms in total. The largest absolute Gasteiger partial charge is 0.494 e. The van der Waals surface area contributed by atoms with Crippen LogP contribution in [0.15, 0.2) is 29.3 Å². The van der Waals surface area contributed by atoms with E-state index in [1.807, 2.05) is 24.3 Å². The molecule has 0 saturated carbocycles. The predicted molar refractivity (Wildman–Crippen MR) is 112 cm³/mol. The van der Waals surface area contributed by atoms with E-state index in [0.29, 0.717) is 38.6 Å². The fourth-order valence-electron chi connectivity index (χ4n) is 2.89. The Kier molecular flexibility index (Phi) is 10.2. The van der Waals surface area contributed by atoms with Gasteiger partial charge in [0.1, 0.15) is 5.75 Å². The molecule has 1 heterocycles.